The van der Waals surface area contributed by atoms with Crippen LogP contribution in [-0.2, 0) is 14.3 Å². The maximum atomic E-state index is 12.5. The molecule has 75 heavy (non-hydrogen) atoms. The summed E-state index contributed by atoms with van der Waals surface area (Å²) in [5, 5.41) is 23.2. The number of carbonyl (C=O) groups excluding carboxylic acids is 2. The van der Waals surface area contributed by atoms with E-state index in [0.717, 1.165) is 44.9 Å². The van der Waals surface area contributed by atoms with Gasteiger partial charge in [-0.15, -0.1) is 0 Å². The summed E-state index contributed by atoms with van der Waals surface area (Å²) in [6.45, 7) is 4.97. The Morgan fingerprint density at radius 1 is 0.360 bits per heavy atom. The molecule has 0 aromatic heterocycles. The standard InChI is InChI=1S/C69H135NO5/c1-3-5-7-9-11-13-15-16-17-36-39-43-47-51-55-59-63-69(74)75-64-60-56-52-48-44-40-37-34-32-30-28-26-24-22-20-18-19-21-23-25-27-29-31-33-35-38-42-46-50-54-58-62-68(73)70-66(65-71)67(72)61-57-53-49-45-41-14-12-10-8-6-4-2/h17,36,66-67,71-72H,3-16,18-35,37-65H2,1-2H3,(H,70,73)/b36-17-. The van der Waals surface area contributed by atoms with Gasteiger partial charge in [0.1, 0.15) is 0 Å². The fraction of sp³-hybridized carbons (Fsp3) is 0.942. The van der Waals surface area contributed by atoms with Crippen molar-refractivity contribution in [1.29, 1.82) is 0 Å². The Bertz CT molecular complexity index is 1130. The topological polar surface area (TPSA) is 95.9 Å². The molecule has 1 amide bonds. The van der Waals surface area contributed by atoms with Gasteiger partial charge in [-0.3, -0.25) is 9.59 Å². The van der Waals surface area contributed by atoms with Gasteiger partial charge >= 0.3 is 5.97 Å². The van der Waals surface area contributed by atoms with Gasteiger partial charge in [0.15, 0.2) is 0 Å². The molecule has 0 aliphatic rings. The molecule has 2 atom stereocenters. The number of rotatable bonds is 65. The highest BCUT2D eigenvalue weighted by Crippen LogP contribution is 2.19. The summed E-state index contributed by atoms with van der Waals surface area (Å²) in [7, 11) is 0. The van der Waals surface area contributed by atoms with E-state index in [1.807, 2.05) is 0 Å². The molecule has 0 aromatic carbocycles. The number of carbonyl (C=O) groups is 2. The third-order valence-corrected chi connectivity index (χ3v) is 16.3. The maximum absolute atomic E-state index is 12.5. The largest absolute Gasteiger partial charge is 0.466 e. The molecule has 0 spiro atoms. The predicted molar refractivity (Wildman–Crippen MR) is 329 cm³/mol. The average molecular weight is 1060 g/mol. The van der Waals surface area contributed by atoms with Gasteiger partial charge in [-0.2, -0.15) is 0 Å². The number of esters is 1. The zero-order valence-electron chi connectivity index (χ0n) is 51.1. The number of ether oxygens (including phenoxy) is 1. The van der Waals surface area contributed by atoms with Crippen molar-refractivity contribution in [2.24, 2.45) is 0 Å². The van der Waals surface area contributed by atoms with E-state index in [1.54, 1.807) is 0 Å². The lowest BCUT2D eigenvalue weighted by Gasteiger charge is -2.22. The Kier molecular flexibility index (Phi) is 63.9. The zero-order valence-corrected chi connectivity index (χ0v) is 51.1. The Balaban J connectivity index is 3.29. The van der Waals surface area contributed by atoms with Crippen LogP contribution in [0.15, 0.2) is 12.2 Å². The van der Waals surface area contributed by atoms with E-state index in [1.165, 1.54) is 315 Å². The molecule has 0 saturated carbocycles. The quantitative estimate of drug-likeness (QED) is 0.0320. The minimum atomic E-state index is -0.659. The second-order valence-corrected chi connectivity index (χ2v) is 23.9. The minimum absolute atomic E-state index is 0.0140. The van der Waals surface area contributed by atoms with Crippen molar-refractivity contribution in [2.75, 3.05) is 13.2 Å². The number of allylic oxidation sites excluding steroid dienone is 2. The van der Waals surface area contributed by atoms with Crippen molar-refractivity contribution in [3.8, 4) is 0 Å². The number of hydrogen-bond donors (Lipinski definition) is 3. The fourth-order valence-electron chi connectivity index (χ4n) is 11.1. The molecule has 0 heterocycles. The minimum Gasteiger partial charge on any atom is -0.466 e. The first-order valence-electron chi connectivity index (χ1n) is 34.4. The highest BCUT2D eigenvalue weighted by atomic mass is 16.5. The van der Waals surface area contributed by atoms with Crippen LogP contribution in [0.5, 0.6) is 0 Å². The van der Waals surface area contributed by atoms with E-state index >= 15 is 0 Å². The van der Waals surface area contributed by atoms with Crippen LogP contribution in [0.3, 0.4) is 0 Å². The van der Waals surface area contributed by atoms with Crippen LogP contribution in [0.2, 0.25) is 0 Å². The Labute approximate surface area is 469 Å². The van der Waals surface area contributed by atoms with Gasteiger partial charge in [0.2, 0.25) is 5.91 Å². The molecule has 0 aliphatic heterocycles. The van der Waals surface area contributed by atoms with Crippen LogP contribution in [0.4, 0.5) is 0 Å². The molecule has 0 aromatic rings. The lowest BCUT2D eigenvalue weighted by molar-refractivity contribution is -0.143. The SMILES string of the molecule is CCCCCCCCC/C=C\CCCCCCCC(=O)OCCCCCCCCCCCCCCCCCCCCCCCCCCCCCCCCCC(=O)NC(CO)C(O)CCCCCCCCCCCCC. The molecule has 0 bridgehead atoms. The Hall–Kier alpha value is -1.40. The first kappa shape index (κ1) is 73.6. The van der Waals surface area contributed by atoms with Gasteiger partial charge in [-0.25, -0.2) is 0 Å². The third-order valence-electron chi connectivity index (χ3n) is 16.3. The van der Waals surface area contributed by atoms with E-state index in [0.29, 0.717) is 25.9 Å². The smallest absolute Gasteiger partial charge is 0.305 e. The normalized spacial score (nSPS) is 12.5. The summed E-state index contributed by atoms with van der Waals surface area (Å²) >= 11 is 0. The maximum Gasteiger partial charge on any atom is 0.305 e. The summed E-state index contributed by atoms with van der Waals surface area (Å²) in [5.74, 6) is -0.0156. The molecular weight excluding hydrogens is 923 g/mol. The highest BCUT2D eigenvalue weighted by Gasteiger charge is 2.20. The molecule has 0 aliphatic carbocycles. The van der Waals surface area contributed by atoms with Crippen molar-refractivity contribution < 1.29 is 24.5 Å². The lowest BCUT2D eigenvalue weighted by atomic mass is 10.0. The zero-order chi connectivity index (χ0) is 54.3. The van der Waals surface area contributed by atoms with Crippen LogP contribution in [0.1, 0.15) is 393 Å². The second kappa shape index (κ2) is 65.1. The van der Waals surface area contributed by atoms with Crippen molar-refractivity contribution >= 4 is 11.9 Å². The summed E-state index contributed by atoms with van der Waals surface area (Å²) in [5.41, 5.74) is 0. The molecular formula is C69H135NO5. The van der Waals surface area contributed by atoms with Gasteiger partial charge < -0.3 is 20.3 Å². The molecule has 0 rings (SSSR count). The van der Waals surface area contributed by atoms with Crippen molar-refractivity contribution in [2.45, 2.75) is 405 Å². The summed E-state index contributed by atoms with van der Waals surface area (Å²) in [6.07, 6.45) is 79.8. The van der Waals surface area contributed by atoms with Gasteiger partial charge in [0.25, 0.3) is 0 Å². The molecule has 0 saturated heterocycles. The van der Waals surface area contributed by atoms with Crippen LogP contribution >= 0.6 is 0 Å². The molecule has 2 unspecified atom stereocenters. The van der Waals surface area contributed by atoms with Crippen LogP contribution in [0, 0.1) is 0 Å². The number of hydrogen-bond acceptors (Lipinski definition) is 5. The van der Waals surface area contributed by atoms with Gasteiger partial charge in [-0.1, -0.05) is 341 Å². The van der Waals surface area contributed by atoms with E-state index in [2.05, 4.69) is 31.3 Å². The second-order valence-electron chi connectivity index (χ2n) is 23.9. The number of aliphatic hydroxyl groups is 2. The van der Waals surface area contributed by atoms with Crippen LogP contribution in [0.25, 0.3) is 0 Å². The monoisotopic (exact) mass is 1060 g/mol. The van der Waals surface area contributed by atoms with Gasteiger partial charge in [0, 0.05) is 12.8 Å². The van der Waals surface area contributed by atoms with Gasteiger partial charge in [-0.05, 0) is 51.4 Å². The lowest BCUT2D eigenvalue weighted by Crippen LogP contribution is -2.45. The van der Waals surface area contributed by atoms with Crippen LogP contribution < -0.4 is 5.32 Å². The van der Waals surface area contributed by atoms with E-state index in [9.17, 15) is 19.8 Å². The van der Waals surface area contributed by atoms with Crippen LogP contribution in [-0.4, -0.2) is 47.4 Å². The number of unbranched alkanes of at least 4 members (excludes halogenated alkanes) is 52. The highest BCUT2D eigenvalue weighted by molar-refractivity contribution is 5.76. The van der Waals surface area contributed by atoms with E-state index < -0.39 is 12.1 Å². The molecule has 446 valence electrons. The third kappa shape index (κ3) is 61.7. The van der Waals surface area contributed by atoms with E-state index in [4.69, 9.17) is 4.74 Å². The van der Waals surface area contributed by atoms with Crippen molar-refractivity contribution in [1.82, 2.24) is 5.32 Å². The molecule has 0 fully saturated rings. The fourth-order valence-corrected chi connectivity index (χ4v) is 11.1. The summed E-state index contributed by atoms with van der Waals surface area (Å²) in [6, 6.07) is -0.536. The molecule has 6 heteroatoms. The van der Waals surface area contributed by atoms with Crippen molar-refractivity contribution in [3.05, 3.63) is 12.2 Å². The number of amides is 1. The Morgan fingerprint density at radius 2 is 0.627 bits per heavy atom. The van der Waals surface area contributed by atoms with Crippen molar-refractivity contribution in [3.63, 3.8) is 0 Å². The number of nitrogens with one attached hydrogen (secondary N) is 1. The average Bonchev–Trinajstić information content (AvgIpc) is 3.41. The van der Waals surface area contributed by atoms with E-state index in [-0.39, 0.29) is 18.5 Å². The van der Waals surface area contributed by atoms with Gasteiger partial charge in [0.05, 0.1) is 25.4 Å². The molecule has 0 radical (unpaired) electrons. The first-order chi connectivity index (χ1) is 37.0. The molecule has 6 nitrogen and oxygen atoms in total. The first-order valence-corrected chi connectivity index (χ1v) is 34.4. The summed E-state index contributed by atoms with van der Waals surface area (Å²) < 4.78 is 5.50. The summed E-state index contributed by atoms with van der Waals surface area (Å²) in [4.78, 5) is 24.5. The molecule has 3 N–H and O–H groups in total. The Morgan fingerprint density at radius 3 is 0.947 bits per heavy atom. The number of aliphatic hydroxyl groups excluding tert-OH is 2. The predicted octanol–water partition coefficient (Wildman–Crippen LogP) is 22.0.